The Morgan fingerprint density at radius 3 is 2.47 bits per heavy atom. The zero-order chi connectivity index (χ0) is 11.1. The van der Waals surface area contributed by atoms with E-state index in [1.54, 1.807) is 24.1 Å². The molecule has 0 aliphatic heterocycles. The minimum Gasteiger partial charge on any atom is -0.312 e. The molecule has 0 heterocycles. The molecule has 2 nitrogen and oxygen atoms in total. The van der Waals surface area contributed by atoms with Crippen LogP contribution in [0.5, 0.6) is 0 Å². The zero-order valence-electron chi connectivity index (χ0n) is 9.05. The maximum absolute atomic E-state index is 11.6. The molecule has 0 spiro atoms. The molecule has 0 atom stereocenters. The third kappa shape index (κ3) is 3.43. The molecule has 1 aromatic carbocycles. The third-order valence-electron chi connectivity index (χ3n) is 2.02. The maximum Gasteiger partial charge on any atom is 0.250 e. The Balaban J connectivity index is 2.69. The average Bonchev–Trinajstić information content (AvgIpc) is 2.29. The Morgan fingerprint density at radius 1 is 1.20 bits per heavy atom. The first-order valence-electron chi connectivity index (χ1n) is 4.88. The molecular formula is C13H15NO. The van der Waals surface area contributed by atoms with Crippen molar-refractivity contribution in [1.82, 2.24) is 0 Å². The quantitative estimate of drug-likeness (QED) is 0.544. The normalized spacial score (nSPS) is 11.1. The van der Waals surface area contributed by atoms with E-state index in [9.17, 15) is 4.79 Å². The number of carbonyl (C=O) groups is 1. The van der Waals surface area contributed by atoms with Gasteiger partial charge in [-0.05, 0) is 19.1 Å². The van der Waals surface area contributed by atoms with Crippen LogP contribution in [-0.2, 0) is 4.79 Å². The van der Waals surface area contributed by atoms with E-state index in [4.69, 9.17) is 0 Å². The summed E-state index contributed by atoms with van der Waals surface area (Å²) in [7, 11) is 1.76. The van der Waals surface area contributed by atoms with Crippen LogP contribution in [-0.4, -0.2) is 13.0 Å². The molecule has 0 radical (unpaired) electrons. The molecule has 2 heteroatoms. The average molecular weight is 201 g/mol. The maximum atomic E-state index is 11.6. The van der Waals surface area contributed by atoms with Crippen molar-refractivity contribution in [1.29, 1.82) is 0 Å². The summed E-state index contributed by atoms with van der Waals surface area (Å²) in [5, 5.41) is 0. The molecule has 1 rings (SSSR count). The minimum absolute atomic E-state index is 0.0284. The fourth-order valence-corrected chi connectivity index (χ4v) is 1.14. The summed E-state index contributed by atoms with van der Waals surface area (Å²) < 4.78 is 0. The largest absolute Gasteiger partial charge is 0.312 e. The van der Waals surface area contributed by atoms with Crippen LogP contribution in [0.2, 0.25) is 0 Å². The summed E-state index contributed by atoms with van der Waals surface area (Å²) in [5.41, 5.74) is 0.896. The fraction of sp³-hybridized carbons (Fsp3) is 0.154. The number of nitrogens with zero attached hydrogens (tertiary/aromatic N) is 1. The number of hydrogen-bond donors (Lipinski definition) is 0. The van der Waals surface area contributed by atoms with Crippen molar-refractivity contribution in [2.24, 2.45) is 0 Å². The van der Waals surface area contributed by atoms with Gasteiger partial charge in [-0.1, -0.05) is 36.4 Å². The van der Waals surface area contributed by atoms with Crippen LogP contribution in [0.25, 0.3) is 0 Å². The standard InChI is InChI=1S/C13H15NO/c1-3-4-6-11-13(15)14(2)12-9-7-5-8-10-12/h3-11H,1-2H3/b4-3-,11-6+. The van der Waals surface area contributed by atoms with Crippen molar-refractivity contribution in [3.63, 3.8) is 0 Å². The van der Waals surface area contributed by atoms with Crippen molar-refractivity contribution in [2.75, 3.05) is 11.9 Å². The molecule has 78 valence electrons. The molecule has 0 aliphatic carbocycles. The van der Waals surface area contributed by atoms with Gasteiger partial charge in [-0.15, -0.1) is 0 Å². The summed E-state index contributed by atoms with van der Waals surface area (Å²) >= 11 is 0. The first-order chi connectivity index (χ1) is 7.25. The van der Waals surface area contributed by atoms with E-state index in [2.05, 4.69) is 0 Å². The molecule has 0 saturated heterocycles. The van der Waals surface area contributed by atoms with E-state index in [1.165, 1.54) is 0 Å². The van der Waals surface area contributed by atoms with E-state index >= 15 is 0 Å². The van der Waals surface area contributed by atoms with Crippen LogP contribution in [0.1, 0.15) is 6.92 Å². The zero-order valence-corrected chi connectivity index (χ0v) is 9.05. The highest BCUT2D eigenvalue weighted by molar-refractivity contribution is 6.01. The Bertz CT molecular complexity index is 365. The number of hydrogen-bond acceptors (Lipinski definition) is 1. The number of likely N-dealkylation sites (N-methyl/N-ethyl adjacent to an activating group) is 1. The Labute approximate surface area is 90.5 Å². The van der Waals surface area contributed by atoms with Crippen molar-refractivity contribution < 1.29 is 4.79 Å². The Kier molecular flexibility index (Phi) is 4.35. The smallest absolute Gasteiger partial charge is 0.250 e. The highest BCUT2D eigenvalue weighted by Crippen LogP contribution is 2.11. The summed E-state index contributed by atoms with van der Waals surface area (Å²) in [6, 6.07) is 9.56. The van der Waals surface area contributed by atoms with Crippen molar-refractivity contribution >= 4 is 11.6 Å². The molecule has 0 aromatic heterocycles. The topological polar surface area (TPSA) is 20.3 Å². The van der Waals surface area contributed by atoms with Gasteiger partial charge in [-0.25, -0.2) is 0 Å². The highest BCUT2D eigenvalue weighted by Gasteiger charge is 2.05. The second-order valence-corrected chi connectivity index (χ2v) is 3.12. The SMILES string of the molecule is C/C=C\C=C\C(=O)N(C)c1ccccc1. The van der Waals surface area contributed by atoms with Crippen LogP contribution < -0.4 is 4.90 Å². The molecule has 15 heavy (non-hydrogen) atoms. The number of carbonyl (C=O) groups excluding carboxylic acids is 1. The summed E-state index contributed by atoms with van der Waals surface area (Å²) in [5.74, 6) is -0.0284. The number of allylic oxidation sites excluding steroid dienone is 3. The molecule has 1 amide bonds. The number of benzene rings is 1. The van der Waals surface area contributed by atoms with Gasteiger partial charge >= 0.3 is 0 Å². The van der Waals surface area contributed by atoms with Crippen LogP contribution >= 0.6 is 0 Å². The first-order valence-corrected chi connectivity index (χ1v) is 4.88. The van der Waals surface area contributed by atoms with E-state index in [0.717, 1.165) is 5.69 Å². The van der Waals surface area contributed by atoms with Gasteiger partial charge in [0.25, 0.3) is 5.91 Å². The lowest BCUT2D eigenvalue weighted by Gasteiger charge is -2.14. The summed E-state index contributed by atoms with van der Waals surface area (Å²) in [4.78, 5) is 13.2. The van der Waals surface area contributed by atoms with Gasteiger partial charge in [0.1, 0.15) is 0 Å². The van der Waals surface area contributed by atoms with E-state index in [1.807, 2.05) is 49.4 Å². The van der Waals surface area contributed by atoms with Gasteiger partial charge in [0.15, 0.2) is 0 Å². The number of rotatable bonds is 3. The van der Waals surface area contributed by atoms with Gasteiger partial charge in [0, 0.05) is 18.8 Å². The molecule has 0 saturated carbocycles. The minimum atomic E-state index is -0.0284. The molecule has 1 aromatic rings. The van der Waals surface area contributed by atoms with E-state index in [0.29, 0.717) is 0 Å². The first kappa shape index (κ1) is 11.2. The number of anilines is 1. The van der Waals surface area contributed by atoms with Crippen molar-refractivity contribution in [3.05, 3.63) is 54.6 Å². The summed E-state index contributed by atoms with van der Waals surface area (Å²) in [6.07, 6.45) is 7.00. The lowest BCUT2D eigenvalue weighted by Crippen LogP contribution is -2.23. The molecule has 0 N–H and O–H groups in total. The van der Waals surface area contributed by atoms with Gasteiger partial charge < -0.3 is 4.90 Å². The van der Waals surface area contributed by atoms with Crippen molar-refractivity contribution in [3.8, 4) is 0 Å². The number of amides is 1. The number of para-hydroxylation sites is 1. The van der Waals surface area contributed by atoms with Gasteiger partial charge in [0.2, 0.25) is 0 Å². The fourth-order valence-electron chi connectivity index (χ4n) is 1.14. The second-order valence-electron chi connectivity index (χ2n) is 3.12. The van der Waals surface area contributed by atoms with E-state index < -0.39 is 0 Å². The molecule has 0 bridgehead atoms. The van der Waals surface area contributed by atoms with Crippen LogP contribution in [0.3, 0.4) is 0 Å². The Hall–Kier alpha value is -1.83. The van der Waals surface area contributed by atoms with Gasteiger partial charge in [-0.3, -0.25) is 4.79 Å². The lowest BCUT2D eigenvalue weighted by atomic mass is 10.3. The Morgan fingerprint density at radius 2 is 1.87 bits per heavy atom. The lowest BCUT2D eigenvalue weighted by molar-refractivity contribution is -0.113. The van der Waals surface area contributed by atoms with Gasteiger partial charge in [0.05, 0.1) is 0 Å². The molecule has 0 unspecified atom stereocenters. The highest BCUT2D eigenvalue weighted by atomic mass is 16.2. The van der Waals surface area contributed by atoms with Crippen LogP contribution in [0.15, 0.2) is 54.6 Å². The molecule has 0 aliphatic rings. The molecular weight excluding hydrogens is 186 g/mol. The molecule has 0 fully saturated rings. The van der Waals surface area contributed by atoms with Crippen LogP contribution in [0.4, 0.5) is 5.69 Å². The summed E-state index contributed by atoms with van der Waals surface area (Å²) in [6.45, 7) is 1.91. The van der Waals surface area contributed by atoms with Crippen molar-refractivity contribution in [2.45, 2.75) is 6.92 Å². The second kappa shape index (κ2) is 5.81. The predicted molar refractivity (Wildman–Crippen MR) is 63.8 cm³/mol. The van der Waals surface area contributed by atoms with Crippen LogP contribution in [0, 0.1) is 0 Å². The third-order valence-corrected chi connectivity index (χ3v) is 2.02. The monoisotopic (exact) mass is 201 g/mol. The van der Waals surface area contributed by atoms with E-state index in [-0.39, 0.29) is 5.91 Å². The predicted octanol–water partition coefficient (Wildman–Crippen LogP) is 2.78. The van der Waals surface area contributed by atoms with Gasteiger partial charge in [-0.2, -0.15) is 0 Å².